The lowest BCUT2D eigenvalue weighted by Gasteiger charge is -2.43. The second-order valence-corrected chi connectivity index (χ2v) is 6.55. The maximum atomic E-state index is 14.1. The summed E-state index contributed by atoms with van der Waals surface area (Å²) in [6.45, 7) is 0.351. The van der Waals surface area contributed by atoms with E-state index in [0.717, 1.165) is 6.42 Å². The number of amides is 2. The first-order valence-corrected chi connectivity index (χ1v) is 8.39. The fraction of sp³-hybridized carbons (Fsp3) is 0.375. The second-order valence-electron chi connectivity index (χ2n) is 5.69. The number of halogens is 2. The molecule has 1 aliphatic carbocycles. The van der Waals surface area contributed by atoms with Crippen molar-refractivity contribution in [3.8, 4) is 0 Å². The Labute approximate surface area is 142 Å². The van der Waals surface area contributed by atoms with Gasteiger partial charge in [0.1, 0.15) is 11.6 Å². The van der Waals surface area contributed by atoms with Crippen LogP contribution in [0, 0.1) is 11.6 Å². The summed E-state index contributed by atoms with van der Waals surface area (Å²) in [4.78, 5) is 16.4. The number of nitrogens with one attached hydrogen (secondary N) is 2. The SMILES string of the molecule is COCc1csc(NC(=O)NC2(c3c(F)cccc3F)CCC2)n1. The van der Waals surface area contributed by atoms with Gasteiger partial charge < -0.3 is 10.1 Å². The van der Waals surface area contributed by atoms with Crippen LogP contribution >= 0.6 is 11.3 Å². The first-order valence-electron chi connectivity index (χ1n) is 7.51. The number of hydrogen-bond acceptors (Lipinski definition) is 4. The summed E-state index contributed by atoms with van der Waals surface area (Å²) in [5.41, 5.74) is -0.381. The smallest absolute Gasteiger partial charge is 0.321 e. The van der Waals surface area contributed by atoms with Crippen LogP contribution in [0.25, 0.3) is 0 Å². The number of aromatic nitrogens is 1. The van der Waals surface area contributed by atoms with Crippen LogP contribution in [0.4, 0.5) is 18.7 Å². The summed E-state index contributed by atoms with van der Waals surface area (Å²) in [6, 6.07) is 3.19. The molecule has 3 rings (SSSR count). The monoisotopic (exact) mass is 353 g/mol. The molecule has 1 aromatic carbocycles. The molecule has 1 heterocycles. The number of thiazole rings is 1. The van der Waals surface area contributed by atoms with E-state index in [2.05, 4.69) is 15.6 Å². The molecular formula is C16H17F2N3O2S. The molecule has 0 bridgehead atoms. The molecular weight excluding hydrogens is 336 g/mol. The van der Waals surface area contributed by atoms with E-state index in [4.69, 9.17) is 4.74 Å². The molecule has 5 nitrogen and oxygen atoms in total. The largest absolute Gasteiger partial charge is 0.378 e. The summed E-state index contributed by atoms with van der Waals surface area (Å²) < 4.78 is 33.2. The van der Waals surface area contributed by atoms with Gasteiger partial charge in [-0.25, -0.2) is 18.6 Å². The molecule has 0 radical (unpaired) electrons. The Morgan fingerprint density at radius 1 is 1.38 bits per heavy atom. The minimum Gasteiger partial charge on any atom is -0.378 e. The van der Waals surface area contributed by atoms with E-state index in [1.807, 2.05) is 0 Å². The Morgan fingerprint density at radius 3 is 2.67 bits per heavy atom. The number of hydrogen-bond donors (Lipinski definition) is 2. The predicted molar refractivity (Wildman–Crippen MR) is 86.9 cm³/mol. The number of carbonyl (C=O) groups is 1. The Balaban J connectivity index is 1.74. The molecule has 0 spiro atoms. The molecule has 2 N–H and O–H groups in total. The molecule has 24 heavy (non-hydrogen) atoms. The highest BCUT2D eigenvalue weighted by atomic mass is 32.1. The lowest BCUT2D eigenvalue weighted by molar-refractivity contribution is 0.175. The van der Waals surface area contributed by atoms with Crippen LogP contribution in [0.5, 0.6) is 0 Å². The van der Waals surface area contributed by atoms with E-state index < -0.39 is 23.2 Å². The quantitative estimate of drug-likeness (QED) is 0.860. The fourth-order valence-corrected chi connectivity index (χ4v) is 3.54. The van der Waals surface area contributed by atoms with Gasteiger partial charge in [-0.1, -0.05) is 6.07 Å². The van der Waals surface area contributed by atoms with E-state index in [-0.39, 0.29) is 5.56 Å². The highest BCUT2D eigenvalue weighted by molar-refractivity contribution is 7.13. The molecule has 0 saturated heterocycles. The van der Waals surface area contributed by atoms with Crippen LogP contribution in [-0.2, 0) is 16.9 Å². The number of ether oxygens (including phenoxy) is 1. The number of methoxy groups -OCH3 is 1. The van der Waals surface area contributed by atoms with Crippen molar-refractivity contribution in [2.24, 2.45) is 0 Å². The van der Waals surface area contributed by atoms with Crippen molar-refractivity contribution in [2.75, 3.05) is 12.4 Å². The normalized spacial score (nSPS) is 15.6. The minimum atomic E-state index is -1.01. The third-order valence-electron chi connectivity index (χ3n) is 4.07. The van der Waals surface area contributed by atoms with E-state index in [1.54, 1.807) is 12.5 Å². The van der Waals surface area contributed by atoms with Crippen molar-refractivity contribution in [3.05, 3.63) is 46.5 Å². The molecule has 0 atom stereocenters. The van der Waals surface area contributed by atoms with Gasteiger partial charge in [0.25, 0.3) is 0 Å². The Bertz CT molecular complexity index is 726. The van der Waals surface area contributed by atoms with Crippen molar-refractivity contribution in [1.29, 1.82) is 0 Å². The Hall–Kier alpha value is -2.06. The third-order valence-corrected chi connectivity index (χ3v) is 4.87. The van der Waals surface area contributed by atoms with Crippen molar-refractivity contribution in [1.82, 2.24) is 10.3 Å². The molecule has 2 amide bonds. The standard InChI is InChI=1S/C16H17F2N3O2S/c1-23-8-10-9-24-15(19-10)20-14(22)21-16(6-3-7-16)13-11(17)4-2-5-12(13)18/h2,4-5,9H,3,6-8H2,1H3,(H2,19,20,21,22). The van der Waals surface area contributed by atoms with E-state index >= 15 is 0 Å². The van der Waals surface area contributed by atoms with Gasteiger partial charge >= 0.3 is 6.03 Å². The topological polar surface area (TPSA) is 63.2 Å². The molecule has 128 valence electrons. The maximum absolute atomic E-state index is 14.1. The number of rotatable bonds is 5. The van der Waals surface area contributed by atoms with E-state index in [9.17, 15) is 13.6 Å². The molecule has 0 unspecified atom stereocenters. The lowest BCUT2D eigenvalue weighted by atomic mass is 9.71. The van der Waals surface area contributed by atoms with Crippen molar-refractivity contribution in [3.63, 3.8) is 0 Å². The predicted octanol–water partition coefficient (Wildman–Crippen LogP) is 3.77. The van der Waals surface area contributed by atoms with Crippen LogP contribution in [-0.4, -0.2) is 18.1 Å². The Morgan fingerprint density at radius 2 is 2.08 bits per heavy atom. The number of carbonyl (C=O) groups excluding carboxylic acids is 1. The molecule has 1 aromatic heterocycles. The summed E-state index contributed by atoms with van der Waals surface area (Å²) in [7, 11) is 1.56. The third kappa shape index (κ3) is 3.25. The van der Waals surface area contributed by atoms with Crippen LogP contribution in [0.2, 0.25) is 0 Å². The molecule has 1 fully saturated rings. The highest BCUT2D eigenvalue weighted by Crippen LogP contribution is 2.43. The van der Waals surface area contributed by atoms with Crippen LogP contribution < -0.4 is 10.6 Å². The van der Waals surface area contributed by atoms with Gasteiger partial charge in [-0.05, 0) is 31.4 Å². The van der Waals surface area contributed by atoms with E-state index in [1.165, 1.54) is 29.5 Å². The average molecular weight is 353 g/mol. The molecule has 2 aromatic rings. The van der Waals surface area contributed by atoms with Gasteiger partial charge in [0.05, 0.1) is 17.8 Å². The second kappa shape index (κ2) is 6.82. The van der Waals surface area contributed by atoms with Crippen molar-refractivity contribution >= 4 is 22.5 Å². The number of nitrogens with zero attached hydrogens (tertiary/aromatic N) is 1. The van der Waals surface area contributed by atoms with Crippen LogP contribution in [0.1, 0.15) is 30.5 Å². The zero-order valence-electron chi connectivity index (χ0n) is 13.1. The van der Waals surface area contributed by atoms with Gasteiger partial charge in [-0.15, -0.1) is 11.3 Å². The number of anilines is 1. The lowest BCUT2D eigenvalue weighted by Crippen LogP contribution is -2.53. The highest BCUT2D eigenvalue weighted by Gasteiger charge is 2.44. The van der Waals surface area contributed by atoms with Crippen LogP contribution in [0.15, 0.2) is 23.6 Å². The average Bonchev–Trinajstić information content (AvgIpc) is 2.91. The molecule has 1 aliphatic rings. The van der Waals surface area contributed by atoms with Gasteiger partial charge in [0, 0.05) is 18.1 Å². The molecule has 0 aliphatic heterocycles. The summed E-state index contributed by atoms with van der Waals surface area (Å²) in [5, 5.41) is 7.51. The molecule has 8 heteroatoms. The van der Waals surface area contributed by atoms with Crippen molar-refractivity contribution < 1.29 is 18.3 Å². The molecule has 1 saturated carbocycles. The van der Waals surface area contributed by atoms with Gasteiger partial charge in [0.2, 0.25) is 0 Å². The van der Waals surface area contributed by atoms with Crippen LogP contribution in [0.3, 0.4) is 0 Å². The zero-order valence-corrected chi connectivity index (χ0v) is 13.9. The van der Waals surface area contributed by atoms with Crippen molar-refractivity contribution in [2.45, 2.75) is 31.4 Å². The zero-order chi connectivity index (χ0) is 17.2. The summed E-state index contributed by atoms with van der Waals surface area (Å²) in [6.07, 6.45) is 1.78. The first kappa shape index (κ1) is 16.8. The minimum absolute atomic E-state index is 0.0781. The number of benzene rings is 1. The maximum Gasteiger partial charge on any atom is 0.321 e. The first-order chi connectivity index (χ1) is 11.5. The van der Waals surface area contributed by atoms with Gasteiger partial charge in [-0.2, -0.15) is 0 Å². The fourth-order valence-electron chi connectivity index (χ4n) is 2.85. The van der Waals surface area contributed by atoms with Gasteiger partial charge in [0.15, 0.2) is 5.13 Å². The summed E-state index contributed by atoms with van der Waals surface area (Å²) >= 11 is 1.26. The summed E-state index contributed by atoms with van der Waals surface area (Å²) in [5.74, 6) is -1.29. The van der Waals surface area contributed by atoms with Gasteiger partial charge in [-0.3, -0.25) is 5.32 Å². The van der Waals surface area contributed by atoms with E-state index in [0.29, 0.717) is 30.3 Å². The number of urea groups is 1. The Kier molecular flexibility index (Phi) is 4.77.